The molecule has 3 aromatic rings. The number of aryl methyl sites for hydroxylation is 1. The summed E-state index contributed by atoms with van der Waals surface area (Å²) in [4.78, 5) is 25.5. The quantitative estimate of drug-likeness (QED) is 0.163. The summed E-state index contributed by atoms with van der Waals surface area (Å²) in [5, 5.41) is 5.98. The van der Waals surface area contributed by atoms with Gasteiger partial charge in [0.15, 0.2) is 5.16 Å². The number of thiophene rings is 1. The van der Waals surface area contributed by atoms with Crippen LogP contribution in [-0.2, 0) is 11.3 Å². The van der Waals surface area contributed by atoms with Crippen LogP contribution in [0.25, 0.3) is 0 Å². The van der Waals surface area contributed by atoms with E-state index in [-0.39, 0.29) is 12.0 Å². The van der Waals surface area contributed by atoms with Gasteiger partial charge in [0.05, 0.1) is 24.0 Å². The van der Waals surface area contributed by atoms with E-state index in [9.17, 15) is 4.79 Å². The number of hydrogen-bond acceptors (Lipinski definition) is 7. The second-order valence-corrected chi connectivity index (χ2v) is 10.7. The molecule has 2 atom stereocenters. The van der Waals surface area contributed by atoms with E-state index >= 15 is 0 Å². The minimum Gasteiger partial charge on any atom is -0.368 e. The lowest BCUT2D eigenvalue weighted by Gasteiger charge is -2.25. The highest BCUT2D eigenvalue weighted by molar-refractivity contribution is 7.98. The molecule has 0 radical (unpaired) electrons. The molecule has 0 spiro atoms. The molecule has 0 aliphatic rings. The van der Waals surface area contributed by atoms with Crippen molar-refractivity contribution in [1.29, 1.82) is 0 Å². The maximum atomic E-state index is 13.6. The van der Waals surface area contributed by atoms with Crippen molar-refractivity contribution < 1.29 is 9.53 Å². The molecular weight excluding hydrogens is 512 g/mol. The molecule has 2 heterocycles. The molecule has 6 nitrogen and oxygen atoms in total. The lowest BCUT2D eigenvalue weighted by atomic mass is 10.0. The summed E-state index contributed by atoms with van der Waals surface area (Å²) < 4.78 is 6.29. The molecule has 208 valence electrons. The summed E-state index contributed by atoms with van der Waals surface area (Å²) >= 11 is 3.20. The molecule has 1 N–H and O–H groups in total. The lowest BCUT2D eigenvalue weighted by Crippen LogP contribution is -2.33. The molecule has 0 saturated carbocycles. The summed E-state index contributed by atoms with van der Waals surface area (Å²) in [6.45, 7) is 12.4. The summed E-state index contributed by atoms with van der Waals surface area (Å²) in [6.07, 6.45) is 6.60. The molecule has 0 aliphatic heterocycles. The Hall–Kier alpha value is -2.26. The Morgan fingerprint density at radius 1 is 1.18 bits per heavy atom. The number of amides is 1. The van der Waals surface area contributed by atoms with Crippen molar-refractivity contribution in [3.05, 3.63) is 69.7 Å². The number of carbonyl (C=O) groups is 1. The van der Waals surface area contributed by atoms with Crippen LogP contribution in [0.1, 0.15) is 79.6 Å². The van der Waals surface area contributed by atoms with Crippen molar-refractivity contribution in [2.24, 2.45) is 5.92 Å². The van der Waals surface area contributed by atoms with E-state index in [1.165, 1.54) is 16.6 Å². The summed E-state index contributed by atoms with van der Waals surface area (Å²) in [7, 11) is 1.96. The van der Waals surface area contributed by atoms with Crippen molar-refractivity contribution in [1.82, 2.24) is 15.3 Å². The van der Waals surface area contributed by atoms with Crippen LogP contribution < -0.4 is 10.2 Å². The molecule has 0 bridgehead atoms. The molecule has 1 aromatic carbocycles. The third-order valence-corrected chi connectivity index (χ3v) is 7.90. The number of carbonyl (C=O) groups excluding carboxylic acids is 1. The van der Waals surface area contributed by atoms with Crippen molar-refractivity contribution in [3.63, 3.8) is 0 Å². The molecule has 2 aromatic heterocycles. The van der Waals surface area contributed by atoms with Crippen LogP contribution in [0.5, 0.6) is 0 Å². The van der Waals surface area contributed by atoms with Crippen LogP contribution in [0.2, 0.25) is 0 Å². The predicted molar refractivity (Wildman–Crippen MR) is 162 cm³/mol. The molecule has 1 amide bonds. The van der Waals surface area contributed by atoms with Gasteiger partial charge in [-0.3, -0.25) is 4.79 Å². The first-order valence-electron chi connectivity index (χ1n) is 13.5. The van der Waals surface area contributed by atoms with Gasteiger partial charge in [-0.2, -0.15) is 0 Å². The van der Waals surface area contributed by atoms with Gasteiger partial charge in [-0.1, -0.05) is 64.1 Å². The zero-order valence-electron chi connectivity index (χ0n) is 24.0. The Labute approximate surface area is 237 Å². The van der Waals surface area contributed by atoms with Crippen molar-refractivity contribution in [3.8, 4) is 0 Å². The van der Waals surface area contributed by atoms with E-state index in [1.807, 2.05) is 51.1 Å². The first-order chi connectivity index (χ1) is 18.5. The van der Waals surface area contributed by atoms with Gasteiger partial charge in [0.2, 0.25) is 0 Å². The number of benzene rings is 1. The highest BCUT2D eigenvalue weighted by Crippen LogP contribution is 2.27. The van der Waals surface area contributed by atoms with E-state index in [0.717, 1.165) is 37.1 Å². The van der Waals surface area contributed by atoms with E-state index in [0.29, 0.717) is 35.5 Å². The minimum absolute atomic E-state index is 0.0581. The normalized spacial score (nSPS) is 12.4. The number of nitrogens with zero attached hydrogens (tertiary/aromatic N) is 3. The number of rotatable bonds is 14. The topological polar surface area (TPSA) is 67.4 Å². The van der Waals surface area contributed by atoms with E-state index in [1.54, 1.807) is 17.5 Å². The first-order valence-corrected chi connectivity index (χ1v) is 15.6. The molecule has 0 fully saturated rings. The summed E-state index contributed by atoms with van der Waals surface area (Å²) in [6, 6.07) is 12.4. The fraction of sp³-hybridized carbons (Fsp3) is 0.500. The van der Waals surface area contributed by atoms with Gasteiger partial charge in [-0.05, 0) is 74.7 Å². The highest BCUT2D eigenvalue weighted by Gasteiger charge is 2.22. The van der Waals surface area contributed by atoms with Crippen molar-refractivity contribution in [2.45, 2.75) is 71.7 Å². The van der Waals surface area contributed by atoms with Crippen molar-refractivity contribution in [2.75, 3.05) is 31.3 Å². The molecule has 0 saturated heterocycles. The Kier molecular flexibility index (Phi) is 14.6. The largest absolute Gasteiger partial charge is 0.368 e. The zero-order valence-corrected chi connectivity index (χ0v) is 25.6. The van der Waals surface area contributed by atoms with Crippen LogP contribution in [0, 0.1) is 12.8 Å². The van der Waals surface area contributed by atoms with Gasteiger partial charge in [-0.25, -0.2) is 9.97 Å². The summed E-state index contributed by atoms with van der Waals surface area (Å²) in [5.41, 5.74) is 3.22. The van der Waals surface area contributed by atoms with Gasteiger partial charge in [0.1, 0.15) is 0 Å². The van der Waals surface area contributed by atoms with Gasteiger partial charge >= 0.3 is 0 Å². The standard InChI is InChI=1S/C28H38N4O2S2.C2H6/c1-6-20(2)14-16-32(27(33)24-18-30-28(35-5)31-21(24)3)23-11-9-22(10-12-23)19-34-25(13-15-29-4)26-8-7-17-36-26;1-2/h7-12,17-18,20,25,29H,6,13-16,19H2,1-5H3;1-2H3. The maximum Gasteiger partial charge on any atom is 0.261 e. The fourth-order valence-electron chi connectivity index (χ4n) is 3.83. The molecule has 38 heavy (non-hydrogen) atoms. The monoisotopic (exact) mass is 556 g/mol. The molecule has 8 heteroatoms. The Balaban J connectivity index is 0.00000247. The Bertz CT molecular complexity index is 1070. The van der Waals surface area contributed by atoms with Crippen molar-refractivity contribution >= 4 is 34.7 Å². The number of nitrogens with one attached hydrogen (secondary N) is 1. The average Bonchev–Trinajstić information content (AvgIpc) is 3.49. The second kappa shape index (κ2) is 17.4. The van der Waals surface area contributed by atoms with E-state index in [4.69, 9.17) is 4.74 Å². The Morgan fingerprint density at radius 3 is 2.50 bits per heavy atom. The third kappa shape index (κ3) is 9.49. The number of aromatic nitrogens is 2. The molecule has 2 unspecified atom stereocenters. The zero-order chi connectivity index (χ0) is 27.9. The highest BCUT2D eigenvalue weighted by atomic mass is 32.2. The Morgan fingerprint density at radius 2 is 1.92 bits per heavy atom. The SMILES string of the molecule is CC.CCC(C)CCN(C(=O)c1cnc(SC)nc1C)c1ccc(COC(CCNC)c2cccs2)cc1. The number of ether oxygens (including phenoxy) is 1. The second-order valence-electron chi connectivity index (χ2n) is 8.99. The third-order valence-electron chi connectivity index (χ3n) is 6.37. The molecule has 0 aliphatic carbocycles. The van der Waals surface area contributed by atoms with Crippen LogP contribution in [-0.4, -0.2) is 42.3 Å². The van der Waals surface area contributed by atoms with E-state index < -0.39 is 0 Å². The van der Waals surface area contributed by atoms with Gasteiger partial charge in [-0.15, -0.1) is 11.3 Å². The number of anilines is 1. The number of hydrogen-bond donors (Lipinski definition) is 1. The molecular formula is C30H44N4O2S2. The minimum atomic E-state index is -0.0581. The maximum absolute atomic E-state index is 13.6. The van der Waals surface area contributed by atoms with Gasteiger partial charge < -0.3 is 15.0 Å². The summed E-state index contributed by atoms with van der Waals surface area (Å²) in [5.74, 6) is 0.480. The fourth-order valence-corrected chi connectivity index (χ4v) is 5.02. The van der Waals surface area contributed by atoms with Gasteiger partial charge in [0.25, 0.3) is 5.91 Å². The predicted octanol–water partition coefficient (Wildman–Crippen LogP) is 7.55. The van der Waals surface area contributed by atoms with Crippen LogP contribution in [0.3, 0.4) is 0 Å². The first kappa shape index (κ1) is 32.0. The van der Waals surface area contributed by atoms with Gasteiger partial charge in [0, 0.05) is 23.3 Å². The average molecular weight is 557 g/mol. The van der Waals surface area contributed by atoms with Crippen LogP contribution in [0.4, 0.5) is 5.69 Å². The smallest absolute Gasteiger partial charge is 0.261 e. The lowest BCUT2D eigenvalue weighted by molar-refractivity contribution is 0.0367. The van der Waals surface area contributed by atoms with Crippen LogP contribution >= 0.6 is 23.1 Å². The van der Waals surface area contributed by atoms with E-state index in [2.05, 4.69) is 58.8 Å². The number of thioether (sulfide) groups is 1. The molecule has 3 rings (SSSR count). The van der Waals surface area contributed by atoms with Crippen LogP contribution in [0.15, 0.2) is 53.1 Å².